The topological polar surface area (TPSA) is 63.6 Å². The lowest BCUT2D eigenvalue weighted by Crippen LogP contribution is -2.24. The molecule has 0 N–H and O–H groups in total. The van der Waals surface area contributed by atoms with E-state index in [1.165, 1.54) is 16.8 Å². The first kappa shape index (κ1) is 16.0. The minimum Gasteiger partial charge on any atom is -0.336 e. The van der Waals surface area contributed by atoms with E-state index in [1.807, 2.05) is 29.7 Å². The zero-order valence-electron chi connectivity index (χ0n) is 14.1. The van der Waals surface area contributed by atoms with Crippen LogP contribution in [0.1, 0.15) is 12.6 Å². The van der Waals surface area contributed by atoms with Gasteiger partial charge in [0.25, 0.3) is 5.56 Å². The standard InChI is InChI=1S/C20H15FN4O/c1-2-24-17-9-8-13(21)12-15(17)18-16(10-11-22)23-25(20(26)19(18)24)14-6-4-3-5-7-14/h3-9,12H,2,10H2,1H3. The highest BCUT2D eigenvalue weighted by molar-refractivity contribution is 6.09. The average molecular weight is 346 g/mol. The van der Waals surface area contributed by atoms with E-state index in [1.54, 1.807) is 18.2 Å². The molecule has 0 aliphatic carbocycles. The van der Waals surface area contributed by atoms with Crippen LogP contribution in [0.15, 0.2) is 53.3 Å². The Morgan fingerprint density at radius 1 is 1.19 bits per heavy atom. The predicted molar refractivity (Wildman–Crippen MR) is 97.8 cm³/mol. The highest BCUT2D eigenvalue weighted by atomic mass is 19.1. The highest BCUT2D eigenvalue weighted by Gasteiger charge is 2.20. The van der Waals surface area contributed by atoms with Crippen molar-refractivity contribution in [3.63, 3.8) is 0 Å². The Bertz CT molecular complexity index is 1230. The lowest BCUT2D eigenvalue weighted by Gasteiger charge is -2.09. The summed E-state index contributed by atoms with van der Waals surface area (Å²) in [5, 5.41) is 14.8. The Balaban J connectivity index is 2.23. The van der Waals surface area contributed by atoms with E-state index in [0.29, 0.717) is 34.2 Å². The van der Waals surface area contributed by atoms with Gasteiger partial charge in [-0.15, -0.1) is 0 Å². The molecule has 0 amide bonds. The number of fused-ring (bicyclic) bond motifs is 3. The molecule has 0 aliphatic rings. The van der Waals surface area contributed by atoms with Crippen molar-refractivity contribution in [2.24, 2.45) is 0 Å². The van der Waals surface area contributed by atoms with Crippen LogP contribution in [-0.2, 0) is 13.0 Å². The fourth-order valence-electron chi connectivity index (χ4n) is 3.43. The van der Waals surface area contributed by atoms with Gasteiger partial charge >= 0.3 is 0 Å². The van der Waals surface area contributed by atoms with Gasteiger partial charge in [0.05, 0.1) is 23.9 Å². The molecule has 0 bridgehead atoms. The van der Waals surface area contributed by atoms with Gasteiger partial charge in [0.2, 0.25) is 0 Å². The van der Waals surface area contributed by atoms with Gasteiger partial charge in [-0.05, 0) is 37.3 Å². The molecule has 2 aromatic heterocycles. The van der Waals surface area contributed by atoms with E-state index in [9.17, 15) is 14.4 Å². The molecular formula is C20H15FN4O. The van der Waals surface area contributed by atoms with E-state index in [4.69, 9.17) is 0 Å². The van der Waals surface area contributed by atoms with Gasteiger partial charge < -0.3 is 4.57 Å². The van der Waals surface area contributed by atoms with Crippen molar-refractivity contribution in [1.29, 1.82) is 5.26 Å². The Kier molecular flexibility index (Phi) is 3.77. The first-order valence-corrected chi connectivity index (χ1v) is 8.31. The molecule has 4 rings (SSSR count). The highest BCUT2D eigenvalue weighted by Crippen LogP contribution is 2.30. The van der Waals surface area contributed by atoms with E-state index in [-0.39, 0.29) is 17.8 Å². The molecule has 2 aromatic carbocycles. The molecule has 26 heavy (non-hydrogen) atoms. The second kappa shape index (κ2) is 6.12. The normalized spacial score (nSPS) is 11.1. The van der Waals surface area contributed by atoms with Crippen molar-refractivity contribution in [1.82, 2.24) is 14.3 Å². The van der Waals surface area contributed by atoms with Gasteiger partial charge in [-0.3, -0.25) is 4.79 Å². The van der Waals surface area contributed by atoms with E-state index < -0.39 is 0 Å². The van der Waals surface area contributed by atoms with Gasteiger partial charge in [0.1, 0.15) is 11.3 Å². The van der Waals surface area contributed by atoms with Crippen LogP contribution in [0.4, 0.5) is 4.39 Å². The molecule has 6 heteroatoms. The fourth-order valence-corrected chi connectivity index (χ4v) is 3.43. The smallest absolute Gasteiger partial charge is 0.296 e. The number of benzene rings is 2. The van der Waals surface area contributed by atoms with Gasteiger partial charge in [0.15, 0.2) is 0 Å². The molecule has 2 heterocycles. The maximum atomic E-state index is 13.9. The molecule has 128 valence electrons. The number of aromatic nitrogens is 3. The molecule has 0 aliphatic heterocycles. The number of nitriles is 1. The van der Waals surface area contributed by atoms with Crippen LogP contribution in [0.5, 0.6) is 0 Å². The monoisotopic (exact) mass is 346 g/mol. The number of nitrogens with zero attached hydrogens (tertiary/aromatic N) is 4. The molecule has 5 nitrogen and oxygen atoms in total. The van der Waals surface area contributed by atoms with E-state index in [0.717, 1.165) is 5.52 Å². The summed E-state index contributed by atoms with van der Waals surface area (Å²) >= 11 is 0. The Hall–Kier alpha value is -3.46. The van der Waals surface area contributed by atoms with Crippen LogP contribution in [-0.4, -0.2) is 14.3 Å². The van der Waals surface area contributed by atoms with Crippen molar-refractivity contribution < 1.29 is 4.39 Å². The number of aryl methyl sites for hydroxylation is 1. The van der Waals surface area contributed by atoms with Crippen LogP contribution < -0.4 is 5.56 Å². The molecule has 4 aromatic rings. The number of halogens is 1. The van der Waals surface area contributed by atoms with Crippen molar-refractivity contribution >= 4 is 21.8 Å². The van der Waals surface area contributed by atoms with Gasteiger partial charge in [-0.1, -0.05) is 18.2 Å². The van der Waals surface area contributed by atoms with E-state index >= 15 is 0 Å². The van der Waals surface area contributed by atoms with Crippen molar-refractivity contribution in [2.75, 3.05) is 0 Å². The Morgan fingerprint density at radius 3 is 2.65 bits per heavy atom. The lowest BCUT2D eigenvalue weighted by atomic mass is 10.1. The summed E-state index contributed by atoms with van der Waals surface area (Å²) < 4.78 is 17.0. The quantitative estimate of drug-likeness (QED) is 0.570. The second-order valence-corrected chi connectivity index (χ2v) is 5.96. The average Bonchev–Trinajstić information content (AvgIpc) is 2.99. The third kappa shape index (κ3) is 2.29. The molecule has 0 saturated carbocycles. The second-order valence-electron chi connectivity index (χ2n) is 5.96. The summed E-state index contributed by atoms with van der Waals surface area (Å²) in [7, 11) is 0. The predicted octanol–water partition coefficient (Wildman–Crippen LogP) is 3.57. The number of hydrogen-bond acceptors (Lipinski definition) is 3. The number of hydrogen-bond donors (Lipinski definition) is 0. The molecule has 0 radical (unpaired) electrons. The number of para-hydroxylation sites is 1. The first-order chi connectivity index (χ1) is 12.7. The van der Waals surface area contributed by atoms with Crippen LogP contribution >= 0.6 is 0 Å². The van der Waals surface area contributed by atoms with Crippen molar-refractivity contribution in [3.05, 3.63) is 70.4 Å². The van der Waals surface area contributed by atoms with E-state index in [2.05, 4.69) is 11.2 Å². The molecule has 0 unspecified atom stereocenters. The van der Waals surface area contributed by atoms with Crippen molar-refractivity contribution in [3.8, 4) is 11.8 Å². The summed E-state index contributed by atoms with van der Waals surface area (Å²) in [4.78, 5) is 13.2. The molecule has 0 spiro atoms. The summed E-state index contributed by atoms with van der Waals surface area (Å²) in [6.45, 7) is 2.48. The van der Waals surface area contributed by atoms with Gasteiger partial charge in [-0.2, -0.15) is 15.0 Å². The zero-order chi connectivity index (χ0) is 18.3. The van der Waals surface area contributed by atoms with Crippen LogP contribution in [0.2, 0.25) is 0 Å². The largest absolute Gasteiger partial charge is 0.336 e. The maximum absolute atomic E-state index is 13.9. The van der Waals surface area contributed by atoms with Crippen molar-refractivity contribution in [2.45, 2.75) is 19.9 Å². The SMILES string of the molecule is CCn1c2ccc(F)cc2c2c(CC#N)nn(-c3ccccc3)c(=O)c21. The minimum absolute atomic E-state index is 0.0307. The summed E-state index contributed by atoms with van der Waals surface area (Å²) in [5.74, 6) is -0.386. The van der Waals surface area contributed by atoms with Crippen LogP contribution in [0.3, 0.4) is 0 Å². The van der Waals surface area contributed by atoms with Gasteiger partial charge in [0, 0.05) is 22.8 Å². The van der Waals surface area contributed by atoms with Crippen LogP contribution in [0.25, 0.3) is 27.5 Å². The maximum Gasteiger partial charge on any atom is 0.296 e. The third-order valence-corrected chi connectivity index (χ3v) is 4.49. The molecular weight excluding hydrogens is 331 g/mol. The Morgan fingerprint density at radius 2 is 1.96 bits per heavy atom. The van der Waals surface area contributed by atoms with Gasteiger partial charge in [-0.25, -0.2) is 4.39 Å². The minimum atomic E-state index is -0.386. The van der Waals surface area contributed by atoms with Crippen LogP contribution in [0, 0.1) is 17.1 Å². The third-order valence-electron chi connectivity index (χ3n) is 4.49. The molecule has 0 fully saturated rings. The Labute approximate surface area is 148 Å². The first-order valence-electron chi connectivity index (χ1n) is 8.31. The summed E-state index contributed by atoms with van der Waals surface area (Å²) in [5.41, 5.74) is 2.00. The number of rotatable bonds is 3. The zero-order valence-corrected chi connectivity index (χ0v) is 14.1. The lowest BCUT2D eigenvalue weighted by molar-refractivity contribution is 0.629. The molecule has 0 atom stereocenters. The molecule has 0 saturated heterocycles. The summed E-state index contributed by atoms with van der Waals surface area (Å²) in [6.07, 6.45) is 0.0307. The summed E-state index contributed by atoms with van der Waals surface area (Å²) in [6, 6.07) is 15.6. The fraction of sp³-hybridized carbons (Fsp3) is 0.150.